The quantitative estimate of drug-likeness (QED) is 0.601. The number of halogens is 5. The van der Waals surface area contributed by atoms with Gasteiger partial charge in [0, 0.05) is 29.3 Å². The molecular formula is C22H22F5N3O4. The molecule has 34 heavy (non-hydrogen) atoms. The van der Waals surface area contributed by atoms with Crippen LogP contribution < -0.4 is 15.8 Å². The summed E-state index contributed by atoms with van der Waals surface area (Å²) >= 11 is 0. The topological polar surface area (TPSA) is 104 Å². The summed E-state index contributed by atoms with van der Waals surface area (Å²) in [5, 5.41) is 2.39. The van der Waals surface area contributed by atoms with Gasteiger partial charge in [0.15, 0.2) is 17.2 Å². The van der Waals surface area contributed by atoms with Crippen molar-refractivity contribution in [3.05, 3.63) is 53.4 Å². The Hall–Kier alpha value is -3.28. The molecule has 0 saturated carbocycles. The number of benzene rings is 1. The average molecular weight is 487 g/mol. The van der Waals surface area contributed by atoms with Crippen molar-refractivity contribution in [2.45, 2.75) is 44.1 Å². The number of pyridine rings is 1. The van der Waals surface area contributed by atoms with Crippen LogP contribution in [-0.2, 0) is 9.53 Å². The van der Waals surface area contributed by atoms with E-state index in [1.165, 1.54) is 19.2 Å². The van der Waals surface area contributed by atoms with E-state index in [9.17, 15) is 31.5 Å². The van der Waals surface area contributed by atoms with Crippen LogP contribution in [0.3, 0.4) is 0 Å². The Kier molecular flexibility index (Phi) is 6.83. The lowest BCUT2D eigenvalue weighted by Crippen LogP contribution is -2.48. The van der Waals surface area contributed by atoms with Gasteiger partial charge >= 0.3 is 6.18 Å². The normalized spacial score (nSPS) is 24.6. The minimum atomic E-state index is -4.89. The number of hydrogen-bond donors (Lipinski definition) is 2. The van der Waals surface area contributed by atoms with E-state index in [0.717, 1.165) is 32.2 Å². The molecule has 4 atom stereocenters. The highest BCUT2D eigenvalue weighted by molar-refractivity contribution is 5.97. The van der Waals surface area contributed by atoms with E-state index in [-0.39, 0.29) is 23.4 Å². The van der Waals surface area contributed by atoms with E-state index < -0.39 is 58.9 Å². The van der Waals surface area contributed by atoms with Crippen molar-refractivity contribution in [1.29, 1.82) is 0 Å². The van der Waals surface area contributed by atoms with Gasteiger partial charge in [-0.15, -0.1) is 0 Å². The van der Waals surface area contributed by atoms with Crippen LogP contribution in [0.5, 0.6) is 5.75 Å². The highest BCUT2D eigenvalue weighted by Gasteiger charge is 2.66. The predicted molar refractivity (Wildman–Crippen MR) is 110 cm³/mol. The number of primary amides is 1. The number of nitrogens with zero attached hydrogens (tertiary/aromatic N) is 1. The highest BCUT2D eigenvalue weighted by Crippen LogP contribution is 2.56. The predicted octanol–water partition coefficient (Wildman–Crippen LogP) is 3.94. The van der Waals surface area contributed by atoms with Crippen molar-refractivity contribution in [3.8, 4) is 5.75 Å². The highest BCUT2D eigenvalue weighted by atomic mass is 19.4. The van der Waals surface area contributed by atoms with Gasteiger partial charge in [0.25, 0.3) is 11.8 Å². The Morgan fingerprint density at radius 1 is 1.26 bits per heavy atom. The van der Waals surface area contributed by atoms with Gasteiger partial charge in [0.05, 0.1) is 7.11 Å². The molecule has 0 radical (unpaired) electrons. The number of methoxy groups -OCH3 is 1. The third kappa shape index (κ3) is 4.29. The SMILES string of the molecule is CC[C@@H]1[C@@H](c2ccc(F)c(F)c2OC)[C@H](C(=O)Nc2ccnc(C(N)=O)c2)O[C@]1(C)C(F)(F)F. The third-order valence-electron chi connectivity index (χ3n) is 6.02. The molecule has 0 aliphatic carbocycles. The van der Waals surface area contributed by atoms with Crippen LogP contribution in [0.25, 0.3) is 0 Å². The standard InChI is InChI=1S/C22H22F5N3O4/c1-4-12-15(11-5-6-13(23)16(24)17(11)33-3)18(34-21(12,2)22(25,26)27)20(32)30-10-7-8-29-14(9-10)19(28)31/h5-9,12,15,18H,4H2,1-3H3,(H2,28,31)(H,29,30,32)/t12-,15-,18-,21+/m1/s1. The molecule has 1 aromatic carbocycles. The number of nitrogens with two attached hydrogens (primary N) is 1. The molecule has 1 saturated heterocycles. The molecule has 1 aliphatic heterocycles. The number of amides is 2. The Morgan fingerprint density at radius 2 is 1.94 bits per heavy atom. The summed E-state index contributed by atoms with van der Waals surface area (Å²) in [6.07, 6.45) is -5.58. The maximum absolute atomic E-state index is 14.5. The largest absolute Gasteiger partial charge is 0.493 e. The number of carbonyl (C=O) groups excluding carboxylic acids is 2. The van der Waals surface area contributed by atoms with Crippen molar-refractivity contribution in [3.63, 3.8) is 0 Å². The Morgan fingerprint density at radius 3 is 2.50 bits per heavy atom. The van der Waals surface area contributed by atoms with Crippen LogP contribution >= 0.6 is 0 Å². The number of hydrogen-bond acceptors (Lipinski definition) is 5. The zero-order valence-electron chi connectivity index (χ0n) is 18.4. The van der Waals surface area contributed by atoms with E-state index in [2.05, 4.69) is 10.3 Å². The van der Waals surface area contributed by atoms with Gasteiger partial charge in [-0.3, -0.25) is 14.6 Å². The lowest BCUT2D eigenvalue weighted by molar-refractivity contribution is -0.274. The number of nitrogens with one attached hydrogen (secondary N) is 1. The zero-order valence-corrected chi connectivity index (χ0v) is 18.4. The lowest BCUT2D eigenvalue weighted by Gasteiger charge is -2.33. The van der Waals surface area contributed by atoms with Crippen molar-refractivity contribution in [1.82, 2.24) is 4.98 Å². The average Bonchev–Trinajstić information content (AvgIpc) is 3.09. The van der Waals surface area contributed by atoms with E-state index >= 15 is 0 Å². The molecule has 2 heterocycles. The van der Waals surface area contributed by atoms with E-state index in [0.29, 0.717) is 0 Å². The smallest absolute Gasteiger partial charge is 0.417 e. The first kappa shape index (κ1) is 25.3. The number of alkyl halides is 3. The number of rotatable bonds is 6. The Labute approximate surface area is 191 Å². The van der Waals surface area contributed by atoms with Crippen LogP contribution in [-0.4, -0.2) is 41.8 Å². The maximum Gasteiger partial charge on any atom is 0.417 e. The molecule has 2 aromatic rings. The molecule has 7 nitrogen and oxygen atoms in total. The second kappa shape index (κ2) is 9.16. The van der Waals surface area contributed by atoms with E-state index in [1.807, 2.05) is 0 Å². The summed E-state index contributed by atoms with van der Waals surface area (Å²) in [5.41, 5.74) is 2.09. The van der Waals surface area contributed by atoms with Crippen molar-refractivity contribution < 1.29 is 41.0 Å². The van der Waals surface area contributed by atoms with Gasteiger partial charge in [-0.1, -0.05) is 13.0 Å². The molecule has 184 valence electrons. The van der Waals surface area contributed by atoms with Crippen LogP contribution in [0.4, 0.5) is 27.6 Å². The molecule has 1 aliphatic rings. The monoisotopic (exact) mass is 487 g/mol. The molecule has 2 amide bonds. The number of aromatic nitrogens is 1. The minimum absolute atomic E-state index is 0.0297. The fourth-order valence-corrected chi connectivity index (χ4v) is 4.37. The summed E-state index contributed by atoms with van der Waals surface area (Å²) in [4.78, 5) is 28.2. The van der Waals surface area contributed by atoms with Gasteiger partial charge in [-0.2, -0.15) is 17.6 Å². The lowest BCUT2D eigenvalue weighted by atomic mass is 9.74. The molecule has 0 bridgehead atoms. The molecule has 1 aromatic heterocycles. The van der Waals surface area contributed by atoms with Crippen molar-refractivity contribution >= 4 is 17.5 Å². The van der Waals surface area contributed by atoms with Crippen molar-refractivity contribution in [2.75, 3.05) is 12.4 Å². The molecule has 3 rings (SSSR count). The van der Waals surface area contributed by atoms with E-state index in [4.69, 9.17) is 15.2 Å². The summed E-state index contributed by atoms with van der Waals surface area (Å²) in [6.45, 7) is 2.28. The Bertz CT molecular complexity index is 1110. The Balaban J connectivity index is 2.11. The van der Waals surface area contributed by atoms with Gasteiger partial charge < -0.3 is 20.5 Å². The van der Waals surface area contributed by atoms with Crippen LogP contribution in [0.1, 0.15) is 42.2 Å². The first-order chi connectivity index (χ1) is 15.9. The molecule has 12 heteroatoms. The second-order valence-electron chi connectivity index (χ2n) is 7.95. The summed E-state index contributed by atoms with van der Waals surface area (Å²) in [5.74, 6) is -7.84. The molecule has 0 spiro atoms. The van der Waals surface area contributed by atoms with Crippen LogP contribution in [0.2, 0.25) is 0 Å². The number of anilines is 1. The maximum atomic E-state index is 14.5. The number of ether oxygens (including phenoxy) is 2. The van der Waals surface area contributed by atoms with E-state index in [1.54, 1.807) is 0 Å². The first-order valence-corrected chi connectivity index (χ1v) is 10.2. The third-order valence-corrected chi connectivity index (χ3v) is 6.02. The molecule has 1 fully saturated rings. The van der Waals surface area contributed by atoms with Gasteiger partial charge in [-0.25, -0.2) is 4.39 Å². The number of carbonyl (C=O) groups is 2. The summed E-state index contributed by atoms with van der Waals surface area (Å²) in [7, 11) is 1.04. The second-order valence-corrected chi connectivity index (χ2v) is 7.95. The fourth-order valence-electron chi connectivity index (χ4n) is 4.37. The minimum Gasteiger partial charge on any atom is -0.493 e. The van der Waals surface area contributed by atoms with Gasteiger partial charge in [-0.05, 0) is 31.5 Å². The van der Waals surface area contributed by atoms with Gasteiger partial charge in [0.2, 0.25) is 5.82 Å². The molecule has 0 unspecified atom stereocenters. The van der Waals surface area contributed by atoms with Crippen LogP contribution in [0.15, 0.2) is 30.5 Å². The summed E-state index contributed by atoms with van der Waals surface area (Å²) in [6, 6.07) is 4.27. The molecule has 3 N–H and O–H groups in total. The van der Waals surface area contributed by atoms with Crippen molar-refractivity contribution in [2.24, 2.45) is 11.7 Å². The molecular weight excluding hydrogens is 465 g/mol. The zero-order chi connectivity index (χ0) is 25.4. The summed E-state index contributed by atoms with van der Waals surface area (Å²) < 4.78 is 80.9. The van der Waals surface area contributed by atoms with Gasteiger partial charge in [0.1, 0.15) is 11.8 Å². The van der Waals surface area contributed by atoms with Crippen LogP contribution in [0, 0.1) is 17.6 Å². The fraction of sp³-hybridized carbons (Fsp3) is 0.409. The first-order valence-electron chi connectivity index (χ1n) is 10.2.